The number of anilines is 2. The van der Waals surface area contributed by atoms with Crippen molar-refractivity contribution in [3.05, 3.63) is 53.8 Å². The van der Waals surface area contributed by atoms with Crippen LogP contribution in [-0.4, -0.2) is 30.5 Å². The summed E-state index contributed by atoms with van der Waals surface area (Å²) in [7, 11) is 0. The molecule has 138 valence electrons. The third-order valence-corrected chi connectivity index (χ3v) is 6.63. The van der Waals surface area contributed by atoms with Crippen molar-refractivity contribution in [2.24, 2.45) is 5.92 Å². The van der Waals surface area contributed by atoms with Gasteiger partial charge in [-0.05, 0) is 43.0 Å². The predicted molar refractivity (Wildman–Crippen MR) is 107 cm³/mol. The van der Waals surface area contributed by atoms with Crippen LogP contribution in [0, 0.1) is 11.7 Å². The van der Waals surface area contributed by atoms with E-state index >= 15 is 0 Å². The van der Waals surface area contributed by atoms with E-state index in [0.29, 0.717) is 12.1 Å². The lowest BCUT2D eigenvalue weighted by Crippen LogP contribution is -2.44. The Morgan fingerprint density at radius 2 is 2.04 bits per heavy atom. The second-order valence-electron chi connectivity index (χ2n) is 7.24. The number of nitrogens with zero attached hydrogens (tertiary/aromatic N) is 3. The molecule has 1 unspecified atom stereocenters. The maximum absolute atomic E-state index is 14.0. The molecule has 2 aliphatic rings. The second-order valence-corrected chi connectivity index (χ2v) is 8.25. The Labute approximate surface area is 161 Å². The fourth-order valence-electron chi connectivity index (χ4n) is 4.18. The number of rotatable bonds is 2. The number of carbonyl (C=O) groups is 1. The molecule has 1 fully saturated rings. The van der Waals surface area contributed by atoms with E-state index < -0.39 is 0 Å². The van der Waals surface area contributed by atoms with E-state index in [9.17, 15) is 9.18 Å². The number of para-hydroxylation sites is 2. The minimum absolute atomic E-state index is 0.0400. The quantitative estimate of drug-likeness (QED) is 0.666. The number of benzene rings is 2. The summed E-state index contributed by atoms with van der Waals surface area (Å²) in [5.74, 6) is -0.119. The van der Waals surface area contributed by atoms with Gasteiger partial charge in [-0.15, -0.1) is 0 Å². The number of hydrogen-bond acceptors (Lipinski definition) is 4. The molecular formula is C21H20FN3OS. The van der Waals surface area contributed by atoms with Crippen LogP contribution in [0.2, 0.25) is 0 Å². The van der Waals surface area contributed by atoms with Gasteiger partial charge in [0.25, 0.3) is 0 Å². The first-order valence-corrected chi connectivity index (χ1v) is 10.2. The van der Waals surface area contributed by atoms with Crippen molar-refractivity contribution >= 4 is 38.3 Å². The van der Waals surface area contributed by atoms with Gasteiger partial charge in [0, 0.05) is 25.3 Å². The van der Waals surface area contributed by atoms with Crippen molar-refractivity contribution in [1.29, 1.82) is 0 Å². The van der Waals surface area contributed by atoms with E-state index in [0.717, 1.165) is 47.9 Å². The molecule has 0 radical (unpaired) electrons. The van der Waals surface area contributed by atoms with Crippen LogP contribution in [0.25, 0.3) is 10.2 Å². The van der Waals surface area contributed by atoms with Crippen LogP contribution in [0.3, 0.4) is 0 Å². The van der Waals surface area contributed by atoms with Gasteiger partial charge in [-0.1, -0.05) is 35.6 Å². The van der Waals surface area contributed by atoms with Gasteiger partial charge >= 0.3 is 0 Å². The van der Waals surface area contributed by atoms with Crippen molar-refractivity contribution < 1.29 is 9.18 Å². The molecule has 1 aromatic heterocycles. The number of amides is 1. The second kappa shape index (κ2) is 6.60. The van der Waals surface area contributed by atoms with E-state index in [1.165, 1.54) is 23.0 Å². The fourth-order valence-corrected chi connectivity index (χ4v) is 5.19. The molecule has 6 heteroatoms. The average molecular weight is 381 g/mol. The molecule has 0 spiro atoms. The summed E-state index contributed by atoms with van der Waals surface area (Å²) in [6, 6.07) is 13.2. The number of fused-ring (bicyclic) bond motifs is 2. The molecule has 0 N–H and O–H groups in total. The molecular weight excluding hydrogens is 361 g/mol. The summed E-state index contributed by atoms with van der Waals surface area (Å²) in [5.41, 5.74) is 2.74. The van der Waals surface area contributed by atoms with Gasteiger partial charge in [-0.2, -0.15) is 0 Å². The molecule has 4 nitrogen and oxygen atoms in total. The Bertz CT molecular complexity index is 1020. The average Bonchev–Trinajstić information content (AvgIpc) is 3.33. The smallest absolute Gasteiger partial charge is 0.231 e. The first kappa shape index (κ1) is 16.7. The van der Waals surface area contributed by atoms with Crippen LogP contribution in [-0.2, 0) is 11.2 Å². The lowest BCUT2D eigenvalue weighted by Gasteiger charge is -2.33. The van der Waals surface area contributed by atoms with E-state index in [1.807, 2.05) is 29.2 Å². The van der Waals surface area contributed by atoms with Crippen LogP contribution in [0.5, 0.6) is 0 Å². The standard InChI is InChI=1S/C21H20FN3OS/c22-16-7-3-9-18-19(16)23-21(27-18)24-11-4-6-15(13-24)20(26)25-12-10-14-5-1-2-8-17(14)25/h1-3,5,7-9,15H,4,6,10-13H2. The van der Waals surface area contributed by atoms with Gasteiger partial charge in [-0.25, -0.2) is 9.37 Å². The predicted octanol–water partition coefficient (Wildman–Crippen LogP) is 4.24. The minimum Gasteiger partial charge on any atom is -0.347 e. The molecule has 1 atom stereocenters. The number of halogens is 1. The fraction of sp³-hybridized carbons (Fsp3) is 0.333. The molecule has 1 saturated heterocycles. The third-order valence-electron chi connectivity index (χ3n) is 5.55. The SMILES string of the molecule is O=C(C1CCCN(c2nc3c(F)cccc3s2)C1)N1CCc2ccccc21. The molecule has 0 aliphatic carbocycles. The normalized spacial score (nSPS) is 19.5. The molecule has 0 bridgehead atoms. The topological polar surface area (TPSA) is 36.4 Å². The zero-order chi connectivity index (χ0) is 18.4. The lowest BCUT2D eigenvalue weighted by atomic mass is 9.97. The first-order chi connectivity index (χ1) is 13.2. The Balaban J connectivity index is 1.38. The number of thiazole rings is 1. The van der Waals surface area contributed by atoms with E-state index in [-0.39, 0.29) is 17.6 Å². The van der Waals surface area contributed by atoms with Crippen molar-refractivity contribution in [3.8, 4) is 0 Å². The Kier molecular flexibility index (Phi) is 4.08. The summed E-state index contributed by atoms with van der Waals surface area (Å²) < 4.78 is 14.8. The third kappa shape index (κ3) is 2.88. The summed E-state index contributed by atoms with van der Waals surface area (Å²) in [5, 5.41) is 0.814. The highest BCUT2D eigenvalue weighted by Crippen LogP contribution is 2.34. The van der Waals surface area contributed by atoms with Crippen LogP contribution in [0.15, 0.2) is 42.5 Å². The van der Waals surface area contributed by atoms with Crippen molar-refractivity contribution in [2.45, 2.75) is 19.3 Å². The highest BCUT2D eigenvalue weighted by Gasteiger charge is 2.33. The maximum Gasteiger partial charge on any atom is 0.231 e. The van der Waals surface area contributed by atoms with Gasteiger partial charge in [0.05, 0.1) is 10.6 Å². The van der Waals surface area contributed by atoms with Gasteiger partial charge in [0.2, 0.25) is 5.91 Å². The van der Waals surface area contributed by atoms with Crippen molar-refractivity contribution in [2.75, 3.05) is 29.4 Å². The Morgan fingerprint density at radius 1 is 1.15 bits per heavy atom. The van der Waals surface area contributed by atoms with Crippen LogP contribution in [0.4, 0.5) is 15.2 Å². The Morgan fingerprint density at radius 3 is 2.93 bits per heavy atom. The highest BCUT2D eigenvalue weighted by atomic mass is 32.1. The molecule has 5 rings (SSSR count). The molecule has 1 amide bonds. The number of carbonyl (C=O) groups excluding carboxylic acids is 1. The Hall–Kier alpha value is -2.47. The number of aromatic nitrogens is 1. The summed E-state index contributed by atoms with van der Waals surface area (Å²) in [6.07, 6.45) is 2.77. The lowest BCUT2D eigenvalue weighted by molar-refractivity contribution is -0.122. The highest BCUT2D eigenvalue weighted by molar-refractivity contribution is 7.22. The van der Waals surface area contributed by atoms with Gasteiger partial charge < -0.3 is 9.80 Å². The van der Waals surface area contributed by atoms with Gasteiger partial charge in [0.15, 0.2) is 5.13 Å². The summed E-state index contributed by atoms with van der Waals surface area (Å²) in [4.78, 5) is 21.8. The maximum atomic E-state index is 14.0. The zero-order valence-electron chi connectivity index (χ0n) is 14.9. The van der Waals surface area contributed by atoms with Crippen LogP contribution >= 0.6 is 11.3 Å². The number of piperidine rings is 1. The molecule has 3 heterocycles. The van der Waals surface area contributed by atoms with Crippen LogP contribution < -0.4 is 9.80 Å². The first-order valence-electron chi connectivity index (χ1n) is 9.40. The largest absolute Gasteiger partial charge is 0.347 e. The summed E-state index contributed by atoms with van der Waals surface area (Å²) >= 11 is 1.50. The van der Waals surface area contributed by atoms with Crippen LogP contribution in [0.1, 0.15) is 18.4 Å². The molecule has 2 aliphatic heterocycles. The summed E-state index contributed by atoms with van der Waals surface area (Å²) in [6.45, 7) is 2.28. The van der Waals surface area contributed by atoms with E-state index in [2.05, 4.69) is 16.0 Å². The van der Waals surface area contributed by atoms with E-state index in [4.69, 9.17) is 0 Å². The molecule has 3 aromatic rings. The zero-order valence-corrected chi connectivity index (χ0v) is 15.7. The van der Waals surface area contributed by atoms with Gasteiger partial charge in [0.1, 0.15) is 11.3 Å². The number of hydrogen-bond donors (Lipinski definition) is 0. The molecule has 0 saturated carbocycles. The van der Waals surface area contributed by atoms with E-state index in [1.54, 1.807) is 6.07 Å². The van der Waals surface area contributed by atoms with Crippen molar-refractivity contribution in [1.82, 2.24) is 4.98 Å². The molecule has 27 heavy (non-hydrogen) atoms. The monoisotopic (exact) mass is 381 g/mol. The van der Waals surface area contributed by atoms with Crippen molar-refractivity contribution in [3.63, 3.8) is 0 Å². The molecule has 2 aromatic carbocycles. The van der Waals surface area contributed by atoms with Gasteiger partial charge in [-0.3, -0.25) is 4.79 Å². The minimum atomic E-state index is -0.284.